The van der Waals surface area contributed by atoms with Gasteiger partial charge in [-0.3, -0.25) is 0 Å². The standard InChI is InChI=1S/C6H14O9P2Se/c1-3-5(7)6(8)4(14-3)2-13-17(12,18)15-16(9,10)11/h3-8H,2H2,1H3,(H,12,18)(H2,9,10,11)/t3-,4+,5-,6+,17?/m0/s1. The van der Waals surface area contributed by atoms with E-state index in [2.05, 4.69) is 4.31 Å². The third kappa shape index (κ3) is 5.09. The maximum absolute atomic E-state index is 10.5. The summed E-state index contributed by atoms with van der Waals surface area (Å²) in [5.74, 6) is 0. The maximum atomic E-state index is 10.5. The average Bonchev–Trinajstić information content (AvgIpc) is 2.39. The molecule has 1 rings (SSSR count). The predicted molar refractivity (Wildman–Crippen MR) is 60.3 cm³/mol. The molecule has 108 valence electrons. The van der Waals surface area contributed by atoms with Crippen LogP contribution in [0.25, 0.3) is 0 Å². The second-order valence-corrected chi connectivity index (χ2v) is 9.43. The van der Waals surface area contributed by atoms with E-state index in [1.54, 1.807) is 6.92 Å². The van der Waals surface area contributed by atoms with Gasteiger partial charge in [-0.15, -0.1) is 0 Å². The van der Waals surface area contributed by atoms with E-state index in [4.69, 9.17) is 19.0 Å². The molecule has 0 radical (unpaired) electrons. The molecule has 0 aromatic rings. The summed E-state index contributed by atoms with van der Waals surface area (Å²) in [4.78, 5) is 26.5. The Bertz CT molecular complexity index is 383. The molecule has 1 aliphatic rings. The first-order valence-electron chi connectivity index (χ1n) is 4.77. The Balaban J connectivity index is 2.51. The Morgan fingerprint density at radius 3 is 2.22 bits per heavy atom. The summed E-state index contributed by atoms with van der Waals surface area (Å²) < 4.78 is 24.4. The zero-order valence-corrected chi connectivity index (χ0v) is 12.7. The van der Waals surface area contributed by atoms with Crippen LogP contribution in [0.4, 0.5) is 0 Å². The first-order valence-corrected chi connectivity index (χ1v) is 10.1. The summed E-state index contributed by atoms with van der Waals surface area (Å²) in [6, 6.07) is 0. The van der Waals surface area contributed by atoms with Crippen molar-refractivity contribution in [3.63, 3.8) is 0 Å². The Labute approximate surface area is 110 Å². The monoisotopic (exact) mass is 372 g/mol. The van der Waals surface area contributed by atoms with Gasteiger partial charge in [-0.2, -0.15) is 0 Å². The molecule has 9 nitrogen and oxygen atoms in total. The van der Waals surface area contributed by atoms with Crippen molar-refractivity contribution < 1.29 is 43.0 Å². The van der Waals surface area contributed by atoms with Gasteiger partial charge in [0.1, 0.15) is 0 Å². The number of aliphatic hydroxyl groups is 2. The fourth-order valence-electron chi connectivity index (χ4n) is 1.40. The molecule has 0 aromatic heterocycles. The van der Waals surface area contributed by atoms with Crippen molar-refractivity contribution in [3.05, 3.63) is 0 Å². The first kappa shape index (κ1) is 16.9. The van der Waals surface area contributed by atoms with Crippen LogP contribution in [0.5, 0.6) is 0 Å². The number of ether oxygens (including phenoxy) is 1. The molecule has 0 aliphatic carbocycles. The number of hydrogen-bond donors (Lipinski definition) is 5. The molecule has 18 heavy (non-hydrogen) atoms. The van der Waals surface area contributed by atoms with Crippen molar-refractivity contribution >= 4 is 29.1 Å². The molecule has 1 fully saturated rings. The molecule has 1 heterocycles. The van der Waals surface area contributed by atoms with E-state index in [0.717, 1.165) is 0 Å². The zero-order valence-electron chi connectivity index (χ0n) is 9.19. The van der Waals surface area contributed by atoms with Gasteiger partial charge in [0.15, 0.2) is 0 Å². The molecule has 12 heteroatoms. The van der Waals surface area contributed by atoms with Crippen molar-refractivity contribution in [2.45, 2.75) is 31.3 Å². The molecular formula is C6H14O9P2Se. The van der Waals surface area contributed by atoms with Gasteiger partial charge in [-0.25, -0.2) is 0 Å². The van der Waals surface area contributed by atoms with E-state index in [0.29, 0.717) is 0 Å². The van der Waals surface area contributed by atoms with Crippen LogP contribution in [0.3, 0.4) is 0 Å². The van der Waals surface area contributed by atoms with Crippen LogP contribution < -0.4 is 0 Å². The third-order valence-corrected chi connectivity index (χ3v) is 6.29. The molecule has 0 aromatic carbocycles. The summed E-state index contributed by atoms with van der Waals surface area (Å²) >= 11 is 2.00. The first-order chi connectivity index (χ1) is 8.02. The van der Waals surface area contributed by atoms with Crippen molar-refractivity contribution in [3.8, 4) is 0 Å². The summed E-state index contributed by atoms with van der Waals surface area (Å²) in [7, 11) is -4.90. The second-order valence-electron chi connectivity index (χ2n) is 3.70. The van der Waals surface area contributed by atoms with E-state index in [9.17, 15) is 19.7 Å². The fraction of sp³-hybridized carbons (Fsp3) is 1.00. The fourth-order valence-corrected chi connectivity index (χ4v) is 5.02. The van der Waals surface area contributed by atoms with Gasteiger partial charge in [-0.1, -0.05) is 0 Å². The number of phosphoric acid groups is 1. The number of rotatable bonds is 5. The minimum absolute atomic E-state index is 0.389. The quantitative estimate of drug-likeness (QED) is 0.287. The van der Waals surface area contributed by atoms with Gasteiger partial charge in [0.2, 0.25) is 0 Å². The van der Waals surface area contributed by atoms with Gasteiger partial charge in [0.25, 0.3) is 0 Å². The van der Waals surface area contributed by atoms with E-state index in [1.165, 1.54) is 0 Å². The van der Waals surface area contributed by atoms with E-state index >= 15 is 0 Å². The zero-order chi connectivity index (χ0) is 14.1. The number of hydrogen-bond acceptors (Lipinski definition) is 7. The predicted octanol–water partition coefficient (Wildman–Crippen LogP) is -1.54. The van der Waals surface area contributed by atoms with E-state index in [-0.39, 0.29) is 6.61 Å². The van der Waals surface area contributed by atoms with Crippen molar-refractivity contribution in [1.29, 1.82) is 0 Å². The van der Waals surface area contributed by atoms with E-state index in [1.807, 2.05) is 15.1 Å². The Morgan fingerprint density at radius 1 is 1.28 bits per heavy atom. The summed E-state index contributed by atoms with van der Waals surface area (Å²) in [5, 5.41) is 18.9. The van der Waals surface area contributed by atoms with Crippen LogP contribution in [0.1, 0.15) is 6.92 Å². The van der Waals surface area contributed by atoms with Gasteiger partial charge >= 0.3 is 110 Å². The molecule has 5 N–H and O–H groups in total. The molecule has 0 spiro atoms. The Kier molecular flexibility index (Phi) is 5.73. The normalized spacial score (nSPS) is 36.6. The number of aliphatic hydroxyl groups excluding tert-OH is 2. The van der Waals surface area contributed by atoms with E-state index < -0.39 is 38.4 Å². The van der Waals surface area contributed by atoms with Gasteiger partial charge in [0.05, 0.1) is 0 Å². The average molecular weight is 371 g/mol. The van der Waals surface area contributed by atoms with Crippen molar-refractivity contribution in [2.75, 3.05) is 6.61 Å². The molecule has 1 aliphatic heterocycles. The molecule has 0 amide bonds. The summed E-state index contributed by atoms with van der Waals surface area (Å²) in [6.45, 7) is 1.15. The van der Waals surface area contributed by atoms with Gasteiger partial charge in [0, 0.05) is 0 Å². The summed E-state index contributed by atoms with van der Waals surface area (Å²) in [5.41, 5.74) is 0. The van der Waals surface area contributed by atoms with Crippen LogP contribution in [0, 0.1) is 0 Å². The Morgan fingerprint density at radius 2 is 1.83 bits per heavy atom. The summed E-state index contributed by atoms with van der Waals surface area (Å²) in [6.07, 6.45) is -7.67. The van der Waals surface area contributed by atoms with Crippen LogP contribution >= 0.6 is 14.0 Å². The van der Waals surface area contributed by atoms with Crippen LogP contribution in [0.2, 0.25) is 0 Å². The molecule has 1 unspecified atom stereocenters. The van der Waals surface area contributed by atoms with Crippen LogP contribution in [-0.2, 0) is 18.1 Å². The molecule has 0 saturated carbocycles. The second kappa shape index (κ2) is 6.10. The molecule has 0 bridgehead atoms. The van der Waals surface area contributed by atoms with Crippen LogP contribution in [-0.4, -0.2) is 71.0 Å². The molecule has 5 atom stereocenters. The molecule has 1 saturated heterocycles. The van der Waals surface area contributed by atoms with Crippen LogP contribution in [0.15, 0.2) is 0 Å². The third-order valence-electron chi connectivity index (χ3n) is 2.21. The van der Waals surface area contributed by atoms with Crippen molar-refractivity contribution in [2.24, 2.45) is 0 Å². The Hall–Kier alpha value is 0.859. The SMILES string of the molecule is C[C@@H]1O[C@H](COP(O)(=[Se])OP(=O)(O)O)[C@@H](O)[C@H]1O. The topological polar surface area (TPSA) is 146 Å². The molecular weight excluding hydrogens is 357 g/mol. The van der Waals surface area contributed by atoms with Crippen molar-refractivity contribution in [1.82, 2.24) is 0 Å². The van der Waals surface area contributed by atoms with Gasteiger partial charge < -0.3 is 0 Å². The minimum atomic E-state index is -4.90. The van der Waals surface area contributed by atoms with Gasteiger partial charge in [-0.05, 0) is 0 Å².